The summed E-state index contributed by atoms with van der Waals surface area (Å²) in [5.41, 5.74) is 1.76. The molecule has 0 saturated heterocycles. The maximum atomic E-state index is 12.3. The summed E-state index contributed by atoms with van der Waals surface area (Å²) in [7, 11) is 0. The second kappa shape index (κ2) is 12.9. The summed E-state index contributed by atoms with van der Waals surface area (Å²) >= 11 is 1.27. The van der Waals surface area contributed by atoms with Gasteiger partial charge in [0.25, 0.3) is 6.43 Å². The van der Waals surface area contributed by atoms with Gasteiger partial charge in [-0.2, -0.15) is 10.2 Å². The Morgan fingerprint density at radius 2 is 1.91 bits per heavy atom. The number of carbonyl (C=O) groups is 1. The minimum Gasteiger partial charge on any atom is -0.396 e. The molecule has 32 heavy (non-hydrogen) atoms. The van der Waals surface area contributed by atoms with E-state index in [2.05, 4.69) is 10.2 Å². The molecule has 0 aliphatic carbocycles. The zero-order chi connectivity index (χ0) is 23.5. The van der Waals surface area contributed by atoms with Crippen molar-refractivity contribution in [3.8, 4) is 0 Å². The second-order valence-electron chi connectivity index (χ2n) is 6.40. The van der Waals surface area contributed by atoms with Crippen LogP contribution in [-0.4, -0.2) is 47.9 Å². The molecule has 3 heterocycles. The third-order valence-corrected chi connectivity index (χ3v) is 4.90. The lowest BCUT2D eigenvalue weighted by Crippen LogP contribution is -2.26. The fourth-order valence-electron chi connectivity index (χ4n) is 2.76. The number of alkyl halides is 2. The number of aromatic nitrogens is 4. The molecule has 1 amide bonds. The average molecular weight is 470 g/mol. The standard InChI is InChI=1S/C13H15F2N5O2S.C6H5F.C2H6/c14-12(15)8-19-6-10(3-16-19)23-20-5-9-4-18(7-11(9)17-20)13(22)1-2-21;7-6-4-2-1-3-5-6;1-2/h3,5-6,12,21H,1-2,4,7-8H2;1-5H;1-2H3. The van der Waals surface area contributed by atoms with E-state index in [0.717, 1.165) is 11.3 Å². The van der Waals surface area contributed by atoms with Crippen LogP contribution in [0.1, 0.15) is 31.5 Å². The lowest BCUT2D eigenvalue weighted by molar-refractivity contribution is -0.132. The van der Waals surface area contributed by atoms with Crippen LogP contribution in [0.3, 0.4) is 0 Å². The molecule has 11 heteroatoms. The molecule has 1 aromatic carbocycles. The van der Waals surface area contributed by atoms with Crippen LogP contribution in [0.15, 0.2) is 53.8 Å². The summed E-state index contributed by atoms with van der Waals surface area (Å²) in [4.78, 5) is 14.1. The van der Waals surface area contributed by atoms with E-state index in [-0.39, 0.29) is 24.8 Å². The van der Waals surface area contributed by atoms with E-state index in [9.17, 15) is 18.0 Å². The molecule has 174 valence electrons. The fourth-order valence-corrected chi connectivity index (χ4v) is 3.56. The summed E-state index contributed by atoms with van der Waals surface area (Å²) in [6.07, 6.45) is 2.54. The van der Waals surface area contributed by atoms with Crippen LogP contribution in [0.4, 0.5) is 13.2 Å². The van der Waals surface area contributed by atoms with Gasteiger partial charge in [0, 0.05) is 42.9 Å². The second-order valence-corrected chi connectivity index (χ2v) is 7.43. The van der Waals surface area contributed by atoms with Crippen molar-refractivity contribution in [1.29, 1.82) is 0 Å². The molecule has 0 saturated carbocycles. The Hall–Kier alpha value is -2.79. The van der Waals surface area contributed by atoms with Gasteiger partial charge in [-0.1, -0.05) is 32.0 Å². The van der Waals surface area contributed by atoms with Gasteiger partial charge in [0.2, 0.25) is 5.91 Å². The summed E-state index contributed by atoms with van der Waals surface area (Å²) in [6, 6.07) is 7.94. The van der Waals surface area contributed by atoms with Gasteiger partial charge in [-0.15, -0.1) is 0 Å². The lowest BCUT2D eigenvalue weighted by Gasteiger charge is -2.14. The van der Waals surface area contributed by atoms with Gasteiger partial charge in [0.1, 0.15) is 12.4 Å². The maximum absolute atomic E-state index is 12.3. The molecule has 0 bridgehead atoms. The van der Waals surface area contributed by atoms with Crippen molar-refractivity contribution in [2.75, 3.05) is 6.61 Å². The van der Waals surface area contributed by atoms with E-state index in [1.54, 1.807) is 33.4 Å². The Balaban J connectivity index is 0.000000340. The van der Waals surface area contributed by atoms with E-state index in [1.807, 2.05) is 20.0 Å². The van der Waals surface area contributed by atoms with E-state index in [1.165, 1.54) is 35.0 Å². The lowest BCUT2D eigenvalue weighted by atomic mass is 10.3. The minimum atomic E-state index is -2.44. The Labute approximate surface area is 189 Å². The number of halogens is 3. The summed E-state index contributed by atoms with van der Waals surface area (Å²) in [6.45, 7) is 4.30. The third kappa shape index (κ3) is 7.72. The summed E-state index contributed by atoms with van der Waals surface area (Å²) in [5, 5.41) is 17.1. The highest BCUT2D eigenvalue weighted by Crippen LogP contribution is 2.26. The molecule has 7 nitrogen and oxygen atoms in total. The fraction of sp³-hybridized carbons (Fsp3) is 0.381. The third-order valence-electron chi connectivity index (χ3n) is 4.10. The van der Waals surface area contributed by atoms with Crippen LogP contribution < -0.4 is 0 Å². The number of aliphatic hydroxyl groups excluding tert-OH is 1. The van der Waals surface area contributed by atoms with Crippen molar-refractivity contribution in [3.05, 3.63) is 66.0 Å². The van der Waals surface area contributed by atoms with Crippen LogP contribution >= 0.6 is 11.9 Å². The molecule has 1 aliphatic heterocycles. The zero-order valence-corrected chi connectivity index (χ0v) is 18.7. The molecular formula is C21H26F3N5O2S. The molecular weight excluding hydrogens is 443 g/mol. The van der Waals surface area contributed by atoms with Gasteiger partial charge in [-0.05, 0) is 12.1 Å². The number of amides is 1. The van der Waals surface area contributed by atoms with E-state index < -0.39 is 13.0 Å². The first-order valence-electron chi connectivity index (χ1n) is 10.1. The Kier molecular flexibility index (Phi) is 10.3. The molecule has 0 radical (unpaired) electrons. The van der Waals surface area contributed by atoms with Crippen molar-refractivity contribution in [2.45, 2.75) is 51.2 Å². The Morgan fingerprint density at radius 1 is 1.19 bits per heavy atom. The first-order valence-corrected chi connectivity index (χ1v) is 10.9. The van der Waals surface area contributed by atoms with Crippen molar-refractivity contribution in [1.82, 2.24) is 23.9 Å². The highest BCUT2D eigenvalue weighted by atomic mass is 32.2. The SMILES string of the molecule is CC.Fc1ccccc1.O=C(CCO)N1Cc2cn(Sc3cnn(CC(F)F)c3)nc2C1. The quantitative estimate of drug-likeness (QED) is 0.591. The molecule has 3 aromatic rings. The number of aliphatic hydroxyl groups is 1. The molecule has 2 aromatic heterocycles. The van der Waals surface area contributed by atoms with Crippen molar-refractivity contribution in [3.63, 3.8) is 0 Å². The predicted molar refractivity (Wildman–Crippen MR) is 115 cm³/mol. The van der Waals surface area contributed by atoms with Crippen molar-refractivity contribution < 1.29 is 23.1 Å². The van der Waals surface area contributed by atoms with Crippen LogP contribution in [0.5, 0.6) is 0 Å². The molecule has 1 N–H and O–H groups in total. The smallest absolute Gasteiger partial charge is 0.257 e. The van der Waals surface area contributed by atoms with Crippen molar-refractivity contribution >= 4 is 17.9 Å². The highest BCUT2D eigenvalue weighted by Gasteiger charge is 2.26. The highest BCUT2D eigenvalue weighted by molar-refractivity contribution is 7.97. The van der Waals surface area contributed by atoms with Crippen LogP contribution in [0, 0.1) is 5.82 Å². The zero-order valence-electron chi connectivity index (χ0n) is 17.9. The molecule has 4 rings (SSSR count). The Morgan fingerprint density at radius 3 is 2.47 bits per heavy atom. The molecule has 0 atom stereocenters. The number of rotatable bonds is 6. The predicted octanol–water partition coefficient (Wildman–Crippen LogP) is 3.98. The van der Waals surface area contributed by atoms with Crippen LogP contribution in [-0.2, 0) is 24.4 Å². The largest absolute Gasteiger partial charge is 0.396 e. The van der Waals surface area contributed by atoms with Gasteiger partial charge in [-0.3, -0.25) is 9.48 Å². The maximum Gasteiger partial charge on any atom is 0.257 e. The molecule has 0 unspecified atom stereocenters. The number of hydrogen-bond acceptors (Lipinski definition) is 5. The number of nitrogens with zero attached hydrogens (tertiary/aromatic N) is 5. The van der Waals surface area contributed by atoms with E-state index >= 15 is 0 Å². The minimum absolute atomic E-state index is 0.0991. The van der Waals surface area contributed by atoms with Gasteiger partial charge in [0.15, 0.2) is 0 Å². The summed E-state index contributed by atoms with van der Waals surface area (Å²) in [5.74, 6) is -0.277. The van der Waals surface area contributed by atoms with Gasteiger partial charge >= 0.3 is 0 Å². The first-order chi connectivity index (χ1) is 15.4. The normalized spacial score (nSPS) is 12.0. The van der Waals surface area contributed by atoms with Crippen LogP contribution in [0.25, 0.3) is 0 Å². The topological polar surface area (TPSA) is 76.2 Å². The number of hydrogen-bond donors (Lipinski definition) is 1. The van der Waals surface area contributed by atoms with Crippen molar-refractivity contribution in [2.24, 2.45) is 0 Å². The van der Waals surface area contributed by atoms with Gasteiger partial charge < -0.3 is 10.0 Å². The number of fused-ring (bicyclic) bond motifs is 1. The number of benzene rings is 1. The molecule has 1 aliphatic rings. The van der Waals surface area contributed by atoms with Gasteiger partial charge in [0.05, 0.1) is 29.9 Å². The monoisotopic (exact) mass is 469 g/mol. The molecule has 0 spiro atoms. The summed E-state index contributed by atoms with van der Waals surface area (Å²) < 4.78 is 39.3. The van der Waals surface area contributed by atoms with E-state index in [4.69, 9.17) is 5.11 Å². The van der Waals surface area contributed by atoms with Crippen LogP contribution in [0.2, 0.25) is 0 Å². The average Bonchev–Trinajstić information content (AvgIpc) is 3.46. The Bertz CT molecular complexity index is 942. The van der Waals surface area contributed by atoms with E-state index in [0.29, 0.717) is 18.0 Å². The number of carbonyl (C=O) groups excluding carboxylic acids is 1. The first kappa shape index (κ1) is 25.5. The molecule has 0 fully saturated rings. The van der Waals surface area contributed by atoms with Gasteiger partial charge in [-0.25, -0.2) is 17.3 Å².